The predicted octanol–water partition coefficient (Wildman–Crippen LogP) is 2.05. The van der Waals surface area contributed by atoms with Gasteiger partial charge in [-0.1, -0.05) is 23.4 Å². The van der Waals surface area contributed by atoms with Gasteiger partial charge in [0.2, 0.25) is 5.91 Å². The molecule has 0 radical (unpaired) electrons. The molecule has 8 heteroatoms. The molecule has 1 heterocycles. The van der Waals surface area contributed by atoms with Gasteiger partial charge in [0.1, 0.15) is 0 Å². The number of nitrogens with zero attached hydrogens (tertiary/aromatic N) is 2. The molecule has 0 aliphatic rings. The highest BCUT2D eigenvalue weighted by atomic mass is 35.5. The van der Waals surface area contributed by atoms with Gasteiger partial charge < -0.3 is 10.5 Å². The Labute approximate surface area is 143 Å². The molecule has 124 valence electrons. The van der Waals surface area contributed by atoms with Crippen LogP contribution in [0.5, 0.6) is 0 Å². The average molecular weight is 356 g/mol. The van der Waals surface area contributed by atoms with E-state index in [9.17, 15) is 9.59 Å². The maximum absolute atomic E-state index is 12.7. The average Bonchev–Trinajstić information content (AvgIpc) is 2.51. The van der Waals surface area contributed by atoms with Crippen LogP contribution in [0.3, 0.4) is 0 Å². The Kier molecular flexibility index (Phi) is 6.44. The molecule has 2 N–H and O–H groups in total. The van der Waals surface area contributed by atoms with Crippen molar-refractivity contribution in [3.63, 3.8) is 0 Å². The number of halogens is 1. The summed E-state index contributed by atoms with van der Waals surface area (Å²) in [6.07, 6.45) is 0.679. The first kappa shape index (κ1) is 17.8. The summed E-state index contributed by atoms with van der Waals surface area (Å²) >= 11 is 7.11. The summed E-state index contributed by atoms with van der Waals surface area (Å²) in [5.41, 5.74) is 5.54. The van der Waals surface area contributed by atoms with Crippen molar-refractivity contribution in [3.05, 3.63) is 33.6 Å². The Hall–Kier alpha value is -1.57. The minimum atomic E-state index is -0.462. The van der Waals surface area contributed by atoms with Crippen molar-refractivity contribution in [2.24, 2.45) is 5.73 Å². The molecule has 1 aromatic heterocycles. The number of hydrogen-bond acceptors (Lipinski definition) is 5. The zero-order valence-electron chi connectivity index (χ0n) is 12.8. The SMILES string of the molecule is CCOCCCn1c(SCC(N)=O)nc2cc(Cl)ccc2c1=O. The lowest BCUT2D eigenvalue weighted by Gasteiger charge is -2.12. The standard InChI is InChI=1S/C15H18ClN3O3S/c1-2-22-7-3-6-19-14(21)11-5-4-10(16)8-12(11)18-15(19)23-9-13(17)20/h4-5,8H,2-3,6-7,9H2,1H3,(H2,17,20). The smallest absolute Gasteiger partial charge is 0.262 e. The van der Waals surface area contributed by atoms with Crippen LogP contribution < -0.4 is 11.3 Å². The molecular weight excluding hydrogens is 338 g/mol. The molecule has 0 aliphatic carbocycles. The normalized spacial score (nSPS) is 11.0. The fourth-order valence-corrected chi connectivity index (χ4v) is 3.02. The second kappa shape index (κ2) is 8.33. The highest BCUT2D eigenvalue weighted by Gasteiger charge is 2.12. The lowest BCUT2D eigenvalue weighted by Crippen LogP contribution is -2.25. The van der Waals surface area contributed by atoms with Crippen molar-refractivity contribution >= 4 is 40.2 Å². The molecule has 1 amide bonds. The lowest BCUT2D eigenvalue weighted by molar-refractivity contribution is -0.115. The first-order valence-electron chi connectivity index (χ1n) is 7.22. The van der Waals surface area contributed by atoms with Gasteiger partial charge in [-0.05, 0) is 31.5 Å². The molecule has 6 nitrogen and oxygen atoms in total. The summed E-state index contributed by atoms with van der Waals surface area (Å²) in [4.78, 5) is 28.2. The van der Waals surface area contributed by atoms with Gasteiger partial charge in [0.15, 0.2) is 5.16 Å². The number of carbonyl (C=O) groups is 1. The topological polar surface area (TPSA) is 87.2 Å². The number of nitrogens with two attached hydrogens (primary N) is 1. The molecule has 2 rings (SSSR count). The number of aromatic nitrogens is 2. The quantitative estimate of drug-likeness (QED) is 0.445. The van der Waals surface area contributed by atoms with Gasteiger partial charge >= 0.3 is 0 Å². The summed E-state index contributed by atoms with van der Waals surface area (Å²) in [6, 6.07) is 4.96. The van der Waals surface area contributed by atoms with E-state index < -0.39 is 5.91 Å². The first-order valence-corrected chi connectivity index (χ1v) is 8.58. The second-order valence-corrected chi connectivity index (χ2v) is 6.20. The summed E-state index contributed by atoms with van der Waals surface area (Å²) in [7, 11) is 0. The van der Waals surface area contributed by atoms with Crippen LogP contribution >= 0.6 is 23.4 Å². The molecule has 1 aromatic carbocycles. The number of rotatable bonds is 8. The molecule has 0 saturated heterocycles. The number of hydrogen-bond donors (Lipinski definition) is 1. The second-order valence-electron chi connectivity index (χ2n) is 4.82. The Morgan fingerprint density at radius 1 is 1.48 bits per heavy atom. The van der Waals surface area contributed by atoms with Crippen molar-refractivity contribution in [2.45, 2.75) is 25.0 Å². The van der Waals surface area contributed by atoms with Gasteiger partial charge in [0, 0.05) is 24.8 Å². The molecule has 0 spiro atoms. The van der Waals surface area contributed by atoms with Crippen molar-refractivity contribution in [3.8, 4) is 0 Å². The van der Waals surface area contributed by atoms with Crippen molar-refractivity contribution in [1.29, 1.82) is 0 Å². The van der Waals surface area contributed by atoms with Crippen LogP contribution in [0.25, 0.3) is 10.9 Å². The zero-order valence-corrected chi connectivity index (χ0v) is 14.3. The van der Waals surface area contributed by atoms with Crippen LogP contribution in [0.15, 0.2) is 28.2 Å². The lowest BCUT2D eigenvalue weighted by atomic mass is 10.2. The largest absolute Gasteiger partial charge is 0.382 e. The number of primary amides is 1. The van der Waals surface area contributed by atoms with Crippen molar-refractivity contribution < 1.29 is 9.53 Å². The monoisotopic (exact) mass is 355 g/mol. The summed E-state index contributed by atoms with van der Waals surface area (Å²) in [6.45, 7) is 3.57. The van der Waals surface area contributed by atoms with E-state index in [1.54, 1.807) is 22.8 Å². The van der Waals surface area contributed by atoms with Crippen LogP contribution in [0.2, 0.25) is 5.02 Å². The van der Waals surface area contributed by atoms with Gasteiger partial charge in [-0.3, -0.25) is 14.2 Å². The van der Waals surface area contributed by atoms with E-state index >= 15 is 0 Å². The number of thioether (sulfide) groups is 1. The van der Waals surface area contributed by atoms with E-state index in [-0.39, 0.29) is 11.3 Å². The number of fused-ring (bicyclic) bond motifs is 1. The van der Waals surface area contributed by atoms with Crippen LogP contribution in [0.4, 0.5) is 0 Å². The van der Waals surface area contributed by atoms with Crippen LogP contribution in [-0.4, -0.2) is 34.4 Å². The van der Waals surface area contributed by atoms with Gasteiger partial charge in [-0.2, -0.15) is 0 Å². The fraction of sp³-hybridized carbons (Fsp3) is 0.400. The maximum atomic E-state index is 12.7. The van der Waals surface area contributed by atoms with Gasteiger partial charge in [-0.25, -0.2) is 4.98 Å². The summed E-state index contributed by atoms with van der Waals surface area (Å²) in [5.74, 6) is -0.402. The molecule has 23 heavy (non-hydrogen) atoms. The third-order valence-corrected chi connectivity index (χ3v) is 4.33. The summed E-state index contributed by atoms with van der Waals surface area (Å²) in [5, 5.41) is 1.46. The zero-order chi connectivity index (χ0) is 16.8. The van der Waals surface area contributed by atoms with Crippen molar-refractivity contribution in [2.75, 3.05) is 19.0 Å². The number of benzene rings is 1. The van der Waals surface area contributed by atoms with E-state index in [0.717, 1.165) is 11.8 Å². The molecule has 2 aromatic rings. The highest BCUT2D eigenvalue weighted by molar-refractivity contribution is 7.99. The van der Waals surface area contributed by atoms with E-state index in [0.29, 0.717) is 47.3 Å². The molecule has 0 unspecified atom stereocenters. The Bertz CT molecular complexity index is 763. The van der Waals surface area contributed by atoms with Crippen LogP contribution in [-0.2, 0) is 16.1 Å². The van der Waals surface area contributed by atoms with Gasteiger partial charge in [-0.15, -0.1) is 0 Å². The maximum Gasteiger partial charge on any atom is 0.262 e. The predicted molar refractivity (Wildman–Crippen MR) is 92.0 cm³/mol. The van der Waals surface area contributed by atoms with Crippen molar-refractivity contribution in [1.82, 2.24) is 9.55 Å². The minimum Gasteiger partial charge on any atom is -0.382 e. The van der Waals surface area contributed by atoms with E-state index in [1.807, 2.05) is 6.92 Å². The van der Waals surface area contributed by atoms with Crippen LogP contribution in [0.1, 0.15) is 13.3 Å². The first-order chi connectivity index (χ1) is 11.0. The Balaban J connectivity index is 2.40. The molecular formula is C15H18ClN3O3S. The minimum absolute atomic E-state index is 0.0595. The van der Waals surface area contributed by atoms with Crippen LogP contribution in [0, 0.1) is 0 Å². The van der Waals surface area contributed by atoms with E-state index in [1.165, 1.54) is 0 Å². The molecule has 0 fully saturated rings. The van der Waals surface area contributed by atoms with Gasteiger partial charge in [0.05, 0.1) is 16.7 Å². The molecule has 0 atom stereocenters. The van der Waals surface area contributed by atoms with E-state index in [2.05, 4.69) is 4.98 Å². The molecule has 0 saturated carbocycles. The third-order valence-electron chi connectivity index (χ3n) is 3.10. The number of amides is 1. The Morgan fingerprint density at radius 2 is 2.26 bits per heavy atom. The number of ether oxygens (including phenoxy) is 1. The molecule has 0 aliphatic heterocycles. The summed E-state index contributed by atoms with van der Waals surface area (Å²) < 4.78 is 6.86. The van der Waals surface area contributed by atoms with E-state index in [4.69, 9.17) is 22.1 Å². The third kappa shape index (κ3) is 4.70. The molecule has 0 bridgehead atoms. The number of carbonyl (C=O) groups excluding carboxylic acids is 1. The highest BCUT2D eigenvalue weighted by Crippen LogP contribution is 2.20. The Morgan fingerprint density at radius 3 is 2.96 bits per heavy atom. The van der Waals surface area contributed by atoms with Gasteiger partial charge in [0.25, 0.3) is 5.56 Å². The fourth-order valence-electron chi connectivity index (χ4n) is 2.09.